The lowest BCUT2D eigenvalue weighted by Crippen LogP contribution is -2.13. The molecule has 0 aliphatic heterocycles. The van der Waals surface area contributed by atoms with Crippen molar-refractivity contribution in [1.82, 2.24) is 5.32 Å². The summed E-state index contributed by atoms with van der Waals surface area (Å²) in [4.78, 5) is 0. The Kier molecular flexibility index (Phi) is 8.78. The summed E-state index contributed by atoms with van der Waals surface area (Å²) < 4.78 is 5.70. The first-order valence-corrected chi connectivity index (χ1v) is 8.02. The highest BCUT2D eigenvalue weighted by molar-refractivity contribution is 7.99. The molecule has 1 aromatic carbocycles. The van der Waals surface area contributed by atoms with Crippen LogP contribution in [-0.2, 0) is 6.54 Å². The van der Waals surface area contributed by atoms with Gasteiger partial charge in [0.05, 0.1) is 6.61 Å². The molecule has 0 atom stereocenters. The molecule has 102 valence electrons. The van der Waals surface area contributed by atoms with Crippen molar-refractivity contribution >= 4 is 11.8 Å². The SMILES string of the molecule is CCCNCc1ccc(OCCCSCC)cc1. The van der Waals surface area contributed by atoms with Crippen LogP contribution in [-0.4, -0.2) is 24.7 Å². The largest absolute Gasteiger partial charge is 0.494 e. The molecule has 1 aromatic rings. The van der Waals surface area contributed by atoms with E-state index in [2.05, 4.69) is 43.4 Å². The van der Waals surface area contributed by atoms with Gasteiger partial charge in [0.2, 0.25) is 0 Å². The van der Waals surface area contributed by atoms with Gasteiger partial charge in [-0.2, -0.15) is 11.8 Å². The van der Waals surface area contributed by atoms with E-state index in [4.69, 9.17) is 4.74 Å². The molecule has 1 N–H and O–H groups in total. The molecule has 0 fully saturated rings. The predicted octanol–water partition coefficient (Wildman–Crippen LogP) is 3.71. The van der Waals surface area contributed by atoms with Gasteiger partial charge >= 0.3 is 0 Å². The second-order valence-electron chi connectivity index (χ2n) is 4.22. The average molecular weight is 267 g/mol. The first-order valence-electron chi connectivity index (χ1n) is 6.87. The molecule has 18 heavy (non-hydrogen) atoms. The highest BCUT2D eigenvalue weighted by Gasteiger charge is 1.96. The highest BCUT2D eigenvalue weighted by atomic mass is 32.2. The third-order valence-electron chi connectivity index (χ3n) is 2.59. The maximum absolute atomic E-state index is 5.70. The van der Waals surface area contributed by atoms with Crippen LogP contribution < -0.4 is 10.1 Å². The van der Waals surface area contributed by atoms with Gasteiger partial charge in [0.15, 0.2) is 0 Å². The maximum Gasteiger partial charge on any atom is 0.119 e. The Morgan fingerprint density at radius 1 is 1.17 bits per heavy atom. The van der Waals surface area contributed by atoms with Crippen LogP contribution in [0.2, 0.25) is 0 Å². The van der Waals surface area contributed by atoms with Crippen LogP contribution in [0.15, 0.2) is 24.3 Å². The van der Waals surface area contributed by atoms with Crippen molar-refractivity contribution in [3.63, 3.8) is 0 Å². The third-order valence-corrected chi connectivity index (χ3v) is 3.57. The van der Waals surface area contributed by atoms with E-state index in [9.17, 15) is 0 Å². The van der Waals surface area contributed by atoms with Crippen LogP contribution in [0.25, 0.3) is 0 Å². The lowest BCUT2D eigenvalue weighted by atomic mass is 10.2. The third kappa shape index (κ3) is 6.92. The lowest BCUT2D eigenvalue weighted by Gasteiger charge is -2.07. The minimum absolute atomic E-state index is 0.820. The van der Waals surface area contributed by atoms with Crippen LogP contribution in [0, 0.1) is 0 Å². The number of ether oxygens (including phenoxy) is 1. The smallest absolute Gasteiger partial charge is 0.119 e. The Hall–Kier alpha value is -0.670. The molecule has 0 spiro atoms. The van der Waals surface area contributed by atoms with E-state index >= 15 is 0 Å². The van der Waals surface area contributed by atoms with Gasteiger partial charge < -0.3 is 10.1 Å². The Balaban J connectivity index is 2.19. The molecule has 0 radical (unpaired) electrons. The average Bonchev–Trinajstić information content (AvgIpc) is 2.40. The lowest BCUT2D eigenvalue weighted by molar-refractivity contribution is 0.318. The zero-order chi connectivity index (χ0) is 13.1. The Bertz CT molecular complexity index is 300. The summed E-state index contributed by atoms with van der Waals surface area (Å²) in [6.45, 7) is 7.21. The molecule has 0 aliphatic carbocycles. The molecular formula is C15H25NOS. The molecule has 0 bridgehead atoms. The van der Waals surface area contributed by atoms with Crippen molar-refractivity contribution in [3.8, 4) is 5.75 Å². The fraction of sp³-hybridized carbons (Fsp3) is 0.600. The summed E-state index contributed by atoms with van der Waals surface area (Å²) in [6.07, 6.45) is 2.30. The van der Waals surface area contributed by atoms with Crippen LogP contribution in [0.5, 0.6) is 5.75 Å². The van der Waals surface area contributed by atoms with E-state index in [0.717, 1.165) is 31.9 Å². The minimum atomic E-state index is 0.820. The van der Waals surface area contributed by atoms with Crippen molar-refractivity contribution in [1.29, 1.82) is 0 Å². The van der Waals surface area contributed by atoms with E-state index < -0.39 is 0 Å². The summed E-state index contributed by atoms with van der Waals surface area (Å²) in [5, 5.41) is 3.39. The van der Waals surface area contributed by atoms with E-state index in [1.165, 1.54) is 23.5 Å². The van der Waals surface area contributed by atoms with Gasteiger partial charge in [-0.3, -0.25) is 0 Å². The summed E-state index contributed by atoms with van der Waals surface area (Å²) in [6, 6.07) is 8.41. The summed E-state index contributed by atoms with van der Waals surface area (Å²) in [7, 11) is 0. The number of thioether (sulfide) groups is 1. The minimum Gasteiger partial charge on any atom is -0.494 e. The number of hydrogen-bond acceptors (Lipinski definition) is 3. The highest BCUT2D eigenvalue weighted by Crippen LogP contribution is 2.13. The fourth-order valence-electron chi connectivity index (χ4n) is 1.61. The monoisotopic (exact) mass is 267 g/mol. The van der Waals surface area contributed by atoms with Gasteiger partial charge in [0.25, 0.3) is 0 Å². The Morgan fingerprint density at radius 3 is 2.61 bits per heavy atom. The molecule has 0 aliphatic rings. The van der Waals surface area contributed by atoms with Crippen molar-refractivity contribution < 1.29 is 4.74 Å². The van der Waals surface area contributed by atoms with E-state index in [1.54, 1.807) is 0 Å². The Morgan fingerprint density at radius 2 is 1.94 bits per heavy atom. The molecule has 3 heteroatoms. The van der Waals surface area contributed by atoms with E-state index in [0.29, 0.717) is 0 Å². The van der Waals surface area contributed by atoms with Crippen molar-refractivity contribution in [3.05, 3.63) is 29.8 Å². The van der Waals surface area contributed by atoms with Gasteiger partial charge in [-0.15, -0.1) is 0 Å². The summed E-state index contributed by atoms with van der Waals surface area (Å²) in [5.41, 5.74) is 1.32. The fourth-order valence-corrected chi connectivity index (χ4v) is 2.22. The predicted molar refractivity (Wildman–Crippen MR) is 81.6 cm³/mol. The first kappa shape index (κ1) is 15.4. The molecule has 0 saturated heterocycles. The molecule has 0 unspecified atom stereocenters. The van der Waals surface area contributed by atoms with Gasteiger partial charge in [0.1, 0.15) is 5.75 Å². The van der Waals surface area contributed by atoms with E-state index in [-0.39, 0.29) is 0 Å². The first-order chi connectivity index (χ1) is 8.86. The molecule has 0 aromatic heterocycles. The number of hydrogen-bond donors (Lipinski definition) is 1. The number of benzene rings is 1. The zero-order valence-corrected chi connectivity index (χ0v) is 12.4. The quantitative estimate of drug-likeness (QED) is 0.653. The van der Waals surface area contributed by atoms with Gasteiger partial charge in [-0.1, -0.05) is 26.0 Å². The molecular weight excluding hydrogens is 242 g/mol. The van der Waals surface area contributed by atoms with Gasteiger partial charge in [0, 0.05) is 6.54 Å². The molecule has 0 saturated carbocycles. The topological polar surface area (TPSA) is 21.3 Å². The second-order valence-corrected chi connectivity index (χ2v) is 5.61. The standard InChI is InChI=1S/C15H25NOS/c1-3-10-16-13-14-6-8-15(9-7-14)17-11-5-12-18-4-2/h6-9,16H,3-5,10-13H2,1-2H3. The van der Waals surface area contributed by atoms with Crippen molar-refractivity contribution in [2.75, 3.05) is 24.7 Å². The molecule has 0 amide bonds. The van der Waals surface area contributed by atoms with Crippen LogP contribution >= 0.6 is 11.8 Å². The van der Waals surface area contributed by atoms with Crippen LogP contribution in [0.3, 0.4) is 0 Å². The number of rotatable bonds is 10. The normalized spacial score (nSPS) is 10.6. The molecule has 2 nitrogen and oxygen atoms in total. The van der Waals surface area contributed by atoms with E-state index in [1.807, 2.05) is 11.8 Å². The second kappa shape index (κ2) is 10.3. The van der Waals surface area contributed by atoms with Gasteiger partial charge in [-0.25, -0.2) is 0 Å². The summed E-state index contributed by atoms with van der Waals surface area (Å²) in [5.74, 6) is 3.37. The molecule has 0 heterocycles. The summed E-state index contributed by atoms with van der Waals surface area (Å²) >= 11 is 1.97. The van der Waals surface area contributed by atoms with Gasteiger partial charge in [-0.05, 0) is 48.6 Å². The Labute approximate surface area is 116 Å². The number of nitrogens with one attached hydrogen (secondary N) is 1. The van der Waals surface area contributed by atoms with Crippen molar-refractivity contribution in [2.24, 2.45) is 0 Å². The van der Waals surface area contributed by atoms with Crippen LogP contribution in [0.4, 0.5) is 0 Å². The zero-order valence-electron chi connectivity index (χ0n) is 11.6. The molecule has 1 rings (SSSR count). The van der Waals surface area contributed by atoms with Crippen LogP contribution in [0.1, 0.15) is 32.3 Å². The maximum atomic E-state index is 5.70. The van der Waals surface area contributed by atoms with Crippen molar-refractivity contribution in [2.45, 2.75) is 33.2 Å².